The van der Waals surface area contributed by atoms with Crippen LogP contribution in [0.5, 0.6) is 0 Å². The van der Waals surface area contributed by atoms with Gasteiger partial charge in [-0.25, -0.2) is 4.39 Å². The van der Waals surface area contributed by atoms with Crippen molar-refractivity contribution >= 4 is 32.9 Å². The van der Waals surface area contributed by atoms with Gasteiger partial charge in [-0.05, 0) is 41.9 Å². The molecule has 0 atom stereocenters. The average Bonchev–Trinajstić information content (AvgIpc) is 2.38. The Hall–Kier alpha value is -1.56. The van der Waals surface area contributed by atoms with Crippen molar-refractivity contribution < 1.29 is 9.18 Å². The molecule has 1 aromatic carbocycles. The molecule has 2 aromatic rings. The Kier molecular flexibility index (Phi) is 3.80. The van der Waals surface area contributed by atoms with Crippen molar-refractivity contribution in [3.05, 3.63) is 34.6 Å². The van der Waals surface area contributed by atoms with E-state index >= 15 is 0 Å². The number of hydrogen-bond donors (Lipinski definition) is 1. The SMILES string of the molecule is CC(C)(CF)NC(=O)c1cc(Br)c2nccnc2c1. The summed E-state index contributed by atoms with van der Waals surface area (Å²) in [6, 6.07) is 3.29. The van der Waals surface area contributed by atoms with E-state index in [0.717, 1.165) is 0 Å². The van der Waals surface area contributed by atoms with Crippen LogP contribution in [0.2, 0.25) is 0 Å². The second-order valence-electron chi connectivity index (χ2n) is 4.85. The first-order valence-corrected chi connectivity index (χ1v) is 6.51. The second kappa shape index (κ2) is 5.21. The molecule has 0 saturated heterocycles. The fourth-order valence-corrected chi connectivity index (χ4v) is 2.13. The number of alkyl halides is 1. The normalized spacial score (nSPS) is 11.6. The predicted molar refractivity (Wildman–Crippen MR) is 74.8 cm³/mol. The van der Waals surface area contributed by atoms with Crippen LogP contribution in [-0.4, -0.2) is 28.1 Å². The molecule has 0 spiro atoms. The maximum atomic E-state index is 12.7. The molecular weight excluding hydrogens is 313 g/mol. The van der Waals surface area contributed by atoms with Gasteiger partial charge in [0.15, 0.2) is 0 Å². The number of fused-ring (bicyclic) bond motifs is 1. The smallest absolute Gasteiger partial charge is 0.251 e. The number of amides is 1. The first kappa shape index (κ1) is 13.9. The minimum absolute atomic E-state index is 0.337. The van der Waals surface area contributed by atoms with Crippen LogP contribution in [0, 0.1) is 0 Å². The van der Waals surface area contributed by atoms with E-state index in [9.17, 15) is 9.18 Å². The molecule has 19 heavy (non-hydrogen) atoms. The molecule has 0 saturated carbocycles. The number of nitrogens with one attached hydrogen (secondary N) is 1. The van der Waals surface area contributed by atoms with Gasteiger partial charge in [0.1, 0.15) is 12.2 Å². The molecule has 100 valence electrons. The van der Waals surface area contributed by atoms with E-state index in [1.54, 1.807) is 38.4 Å². The van der Waals surface area contributed by atoms with Gasteiger partial charge < -0.3 is 5.32 Å². The van der Waals surface area contributed by atoms with Crippen LogP contribution < -0.4 is 5.32 Å². The van der Waals surface area contributed by atoms with Gasteiger partial charge in [-0.3, -0.25) is 14.8 Å². The van der Waals surface area contributed by atoms with Gasteiger partial charge in [0.2, 0.25) is 0 Å². The first-order valence-electron chi connectivity index (χ1n) is 5.72. The second-order valence-corrected chi connectivity index (χ2v) is 5.71. The Balaban J connectivity index is 2.38. The number of benzene rings is 1. The lowest BCUT2D eigenvalue weighted by Gasteiger charge is -2.22. The van der Waals surface area contributed by atoms with Crippen molar-refractivity contribution in [1.29, 1.82) is 0 Å². The van der Waals surface area contributed by atoms with Crippen LogP contribution in [0.15, 0.2) is 29.0 Å². The summed E-state index contributed by atoms with van der Waals surface area (Å²) in [5.41, 5.74) is 0.825. The summed E-state index contributed by atoms with van der Waals surface area (Å²) in [7, 11) is 0. The number of nitrogens with zero attached hydrogens (tertiary/aromatic N) is 2. The molecular formula is C13H13BrFN3O. The molecule has 0 radical (unpaired) electrons. The summed E-state index contributed by atoms with van der Waals surface area (Å²) < 4.78 is 13.4. The topological polar surface area (TPSA) is 54.9 Å². The van der Waals surface area contributed by atoms with E-state index in [1.165, 1.54) is 0 Å². The van der Waals surface area contributed by atoms with Crippen LogP contribution in [0.4, 0.5) is 4.39 Å². The Bertz CT molecular complexity index is 630. The van der Waals surface area contributed by atoms with Gasteiger partial charge in [0, 0.05) is 22.4 Å². The molecule has 1 N–H and O–H groups in total. The molecule has 2 rings (SSSR count). The number of carbonyl (C=O) groups is 1. The highest BCUT2D eigenvalue weighted by molar-refractivity contribution is 9.10. The van der Waals surface area contributed by atoms with Crippen molar-refractivity contribution in [2.75, 3.05) is 6.67 Å². The van der Waals surface area contributed by atoms with E-state index in [-0.39, 0.29) is 5.91 Å². The first-order chi connectivity index (χ1) is 8.93. The molecule has 1 heterocycles. The van der Waals surface area contributed by atoms with Crippen molar-refractivity contribution in [3.8, 4) is 0 Å². The van der Waals surface area contributed by atoms with Crippen LogP contribution in [0.25, 0.3) is 11.0 Å². The van der Waals surface area contributed by atoms with Crippen molar-refractivity contribution in [2.45, 2.75) is 19.4 Å². The van der Waals surface area contributed by atoms with Crippen LogP contribution in [0.3, 0.4) is 0 Å². The van der Waals surface area contributed by atoms with E-state index in [2.05, 4.69) is 31.2 Å². The summed E-state index contributed by atoms with van der Waals surface area (Å²) in [5, 5.41) is 2.63. The monoisotopic (exact) mass is 325 g/mol. The van der Waals surface area contributed by atoms with Crippen LogP contribution in [-0.2, 0) is 0 Å². The number of halogens is 2. The standard InChI is InChI=1S/C13H13BrFN3O/c1-13(2,7-15)18-12(19)8-5-9(14)11-10(6-8)16-3-4-17-11/h3-6H,7H2,1-2H3,(H,18,19). The lowest BCUT2D eigenvalue weighted by molar-refractivity contribution is 0.0899. The van der Waals surface area contributed by atoms with Crippen LogP contribution in [0.1, 0.15) is 24.2 Å². The zero-order valence-electron chi connectivity index (χ0n) is 10.6. The quantitative estimate of drug-likeness (QED) is 0.944. The van der Waals surface area contributed by atoms with Gasteiger partial charge in [0.05, 0.1) is 11.1 Å². The van der Waals surface area contributed by atoms with E-state index in [4.69, 9.17) is 0 Å². The third kappa shape index (κ3) is 3.07. The average molecular weight is 326 g/mol. The largest absolute Gasteiger partial charge is 0.345 e. The zero-order chi connectivity index (χ0) is 14.0. The Morgan fingerprint density at radius 2 is 2.05 bits per heavy atom. The van der Waals surface area contributed by atoms with Gasteiger partial charge in [-0.1, -0.05) is 0 Å². The highest BCUT2D eigenvalue weighted by atomic mass is 79.9. The lowest BCUT2D eigenvalue weighted by Crippen LogP contribution is -2.45. The lowest BCUT2D eigenvalue weighted by atomic mass is 10.1. The van der Waals surface area contributed by atoms with Crippen molar-refractivity contribution in [3.63, 3.8) is 0 Å². The molecule has 6 heteroatoms. The minimum Gasteiger partial charge on any atom is -0.345 e. The molecule has 0 aliphatic heterocycles. The summed E-state index contributed by atoms with van der Waals surface area (Å²) >= 11 is 3.36. The predicted octanol–water partition coefficient (Wildman–Crippen LogP) is 2.87. The molecule has 0 aliphatic rings. The highest BCUT2D eigenvalue weighted by Crippen LogP contribution is 2.22. The molecule has 0 bridgehead atoms. The maximum absolute atomic E-state index is 12.7. The van der Waals surface area contributed by atoms with Gasteiger partial charge >= 0.3 is 0 Å². The molecule has 4 nitrogen and oxygen atoms in total. The summed E-state index contributed by atoms with van der Waals surface area (Å²) in [5.74, 6) is -0.337. The Morgan fingerprint density at radius 1 is 1.37 bits per heavy atom. The third-order valence-electron chi connectivity index (χ3n) is 2.58. The van der Waals surface area contributed by atoms with E-state index < -0.39 is 12.2 Å². The number of rotatable bonds is 3. The highest BCUT2D eigenvalue weighted by Gasteiger charge is 2.21. The van der Waals surface area contributed by atoms with Crippen molar-refractivity contribution in [2.24, 2.45) is 0 Å². The molecule has 1 amide bonds. The summed E-state index contributed by atoms with van der Waals surface area (Å²) in [6.07, 6.45) is 3.14. The third-order valence-corrected chi connectivity index (χ3v) is 3.18. The zero-order valence-corrected chi connectivity index (χ0v) is 12.2. The van der Waals surface area contributed by atoms with E-state index in [0.29, 0.717) is 21.1 Å². The number of carbonyl (C=O) groups excluding carboxylic acids is 1. The fraction of sp³-hybridized carbons (Fsp3) is 0.308. The van der Waals surface area contributed by atoms with Gasteiger partial charge in [-0.2, -0.15) is 0 Å². The van der Waals surface area contributed by atoms with Gasteiger partial charge in [0.25, 0.3) is 5.91 Å². The number of hydrogen-bond acceptors (Lipinski definition) is 3. The Morgan fingerprint density at radius 3 is 2.74 bits per heavy atom. The van der Waals surface area contributed by atoms with Crippen LogP contribution >= 0.6 is 15.9 Å². The molecule has 0 fully saturated rings. The molecule has 0 unspecified atom stereocenters. The molecule has 1 aromatic heterocycles. The summed E-state index contributed by atoms with van der Waals surface area (Å²) in [4.78, 5) is 20.4. The Labute approximate surface area is 118 Å². The number of aromatic nitrogens is 2. The van der Waals surface area contributed by atoms with Crippen molar-refractivity contribution in [1.82, 2.24) is 15.3 Å². The van der Waals surface area contributed by atoms with E-state index in [1.807, 2.05) is 0 Å². The fourth-order valence-electron chi connectivity index (χ4n) is 1.58. The maximum Gasteiger partial charge on any atom is 0.251 e. The van der Waals surface area contributed by atoms with Gasteiger partial charge in [-0.15, -0.1) is 0 Å². The molecule has 0 aliphatic carbocycles. The summed E-state index contributed by atoms with van der Waals surface area (Å²) in [6.45, 7) is 2.62. The minimum atomic E-state index is -0.888.